The average molecular weight is 286 g/mol. The largest absolute Gasteiger partial charge is 0.444 e. The molecule has 2 N–H and O–H groups in total. The molecular weight excluding hydrogens is 256 g/mol. The highest BCUT2D eigenvalue weighted by molar-refractivity contribution is 5.82. The van der Waals surface area contributed by atoms with Crippen LogP contribution in [0.5, 0.6) is 0 Å². The van der Waals surface area contributed by atoms with Crippen LogP contribution in [0.25, 0.3) is 0 Å². The smallest absolute Gasteiger partial charge is 0.408 e. The van der Waals surface area contributed by atoms with Gasteiger partial charge in [0.05, 0.1) is 6.54 Å². The molecule has 0 saturated carbocycles. The molecule has 0 fully saturated rings. The summed E-state index contributed by atoms with van der Waals surface area (Å²) < 4.78 is 5.05. The molecule has 0 aliphatic carbocycles. The fraction of sp³-hybridized carbons (Fsp3) is 0.867. The summed E-state index contributed by atoms with van der Waals surface area (Å²) in [5.41, 5.74) is -0.550. The van der Waals surface area contributed by atoms with Crippen molar-refractivity contribution in [3.05, 3.63) is 0 Å². The molecule has 0 bridgehead atoms. The number of hydrogen-bond donors (Lipinski definition) is 2. The molecule has 0 radical (unpaired) electrons. The maximum atomic E-state index is 11.6. The maximum absolute atomic E-state index is 11.6. The van der Waals surface area contributed by atoms with E-state index < -0.39 is 11.7 Å². The van der Waals surface area contributed by atoms with Crippen molar-refractivity contribution >= 4 is 12.0 Å². The average Bonchev–Trinajstić information content (AvgIpc) is 2.31. The van der Waals surface area contributed by atoms with E-state index in [0.29, 0.717) is 18.4 Å². The Kier molecular flexibility index (Phi) is 8.26. The van der Waals surface area contributed by atoms with Gasteiger partial charge in [0.1, 0.15) is 5.60 Å². The molecular formula is C15H30N2O3. The second-order valence-corrected chi connectivity index (χ2v) is 6.51. The first-order chi connectivity index (χ1) is 9.14. The highest BCUT2D eigenvalue weighted by Crippen LogP contribution is 2.13. The summed E-state index contributed by atoms with van der Waals surface area (Å²) in [6, 6.07) is 0. The lowest BCUT2D eigenvalue weighted by Gasteiger charge is -2.20. The number of rotatable bonds is 7. The van der Waals surface area contributed by atoms with Crippen LogP contribution < -0.4 is 10.6 Å². The number of nitrogens with one attached hydrogen (secondary N) is 2. The lowest BCUT2D eigenvalue weighted by atomic mass is 9.95. The van der Waals surface area contributed by atoms with E-state index in [1.165, 1.54) is 0 Å². The second-order valence-electron chi connectivity index (χ2n) is 6.51. The summed E-state index contributed by atoms with van der Waals surface area (Å²) >= 11 is 0. The lowest BCUT2D eigenvalue weighted by molar-refractivity contribution is -0.120. The van der Waals surface area contributed by atoms with Gasteiger partial charge in [0, 0.05) is 6.54 Å². The second kappa shape index (κ2) is 8.82. The van der Waals surface area contributed by atoms with Crippen LogP contribution in [0.3, 0.4) is 0 Å². The van der Waals surface area contributed by atoms with Gasteiger partial charge in [-0.05, 0) is 39.0 Å². The zero-order valence-electron chi connectivity index (χ0n) is 13.7. The molecule has 0 rings (SSSR count). The lowest BCUT2D eigenvalue weighted by Crippen LogP contribution is -2.40. The van der Waals surface area contributed by atoms with Crippen LogP contribution >= 0.6 is 0 Å². The first kappa shape index (κ1) is 18.7. The fourth-order valence-electron chi connectivity index (χ4n) is 1.75. The van der Waals surface area contributed by atoms with E-state index in [1.54, 1.807) is 20.8 Å². The Morgan fingerprint density at radius 1 is 1.10 bits per heavy atom. The zero-order chi connectivity index (χ0) is 15.8. The van der Waals surface area contributed by atoms with Crippen molar-refractivity contribution in [1.29, 1.82) is 0 Å². The van der Waals surface area contributed by atoms with Gasteiger partial charge in [-0.1, -0.05) is 27.2 Å². The molecule has 5 heteroatoms. The van der Waals surface area contributed by atoms with Gasteiger partial charge in [-0.2, -0.15) is 0 Å². The Morgan fingerprint density at radius 2 is 1.70 bits per heavy atom. The number of hydrogen-bond acceptors (Lipinski definition) is 3. The Hall–Kier alpha value is -1.26. The molecule has 0 aromatic heterocycles. The highest BCUT2D eigenvalue weighted by Gasteiger charge is 2.16. The van der Waals surface area contributed by atoms with E-state index in [0.717, 1.165) is 12.8 Å². The fourth-order valence-corrected chi connectivity index (χ4v) is 1.75. The SMILES string of the molecule is CCC(C)CC(C)CNC(=O)CNC(=O)OC(C)(C)C. The van der Waals surface area contributed by atoms with Crippen molar-refractivity contribution in [2.45, 2.75) is 60.0 Å². The molecule has 2 amide bonds. The molecule has 5 nitrogen and oxygen atoms in total. The van der Waals surface area contributed by atoms with Gasteiger partial charge >= 0.3 is 6.09 Å². The third-order valence-corrected chi connectivity index (χ3v) is 2.94. The molecule has 2 unspecified atom stereocenters. The van der Waals surface area contributed by atoms with Crippen LogP contribution in [0, 0.1) is 11.8 Å². The van der Waals surface area contributed by atoms with E-state index in [1.807, 2.05) is 0 Å². The summed E-state index contributed by atoms with van der Waals surface area (Å²) in [6.07, 6.45) is 1.68. The van der Waals surface area contributed by atoms with E-state index >= 15 is 0 Å². The summed E-state index contributed by atoms with van der Waals surface area (Å²) in [5.74, 6) is 0.920. The van der Waals surface area contributed by atoms with E-state index in [2.05, 4.69) is 31.4 Å². The minimum atomic E-state index is -0.569. The number of carbonyl (C=O) groups is 2. The van der Waals surface area contributed by atoms with Gasteiger partial charge in [0.2, 0.25) is 5.91 Å². The first-order valence-electron chi connectivity index (χ1n) is 7.37. The molecule has 0 aromatic rings. The minimum Gasteiger partial charge on any atom is -0.444 e. The van der Waals surface area contributed by atoms with Crippen LogP contribution in [0.2, 0.25) is 0 Å². The van der Waals surface area contributed by atoms with Gasteiger partial charge in [-0.15, -0.1) is 0 Å². The van der Waals surface area contributed by atoms with Gasteiger partial charge in [-0.25, -0.2) is 4.79 Å². The van der Waals surface area contributed by atoms with Crippen molar-refractivity contribution < 1.29 is 14.3 Å². The molecule has 0 heterocycles. The molecule has 0 saturated heterocycles. The molecule has 0 aromatic carbocycles. The van der Waals surface area contributed by atoms with Gasteiger partial charge in [0.15, 0.2) is 0 Å². The molecule has 0 spiro atoms. The summed E-state index contributed by atoms with van der Waals surface area (Å²) in [5, 5.41) is 5.26. The van der Waals surface area contributed by atoms with Crippen LogP contribution in [-0.4, -0.2) is 30.7 Å². The van der Waals surface area contributed by atoms with Crippen molar-refractivity contribution in [3.8, 4) is 0 Å². The van der Waals surface area contributed by atoms with Crippen molar-refractivity contribution in [2.75, 3.05) is 13.1 Å². The normalized spacial score (nSPS) is 14.3. The molecule has 118 valence electrons. The monoisotopic (exact) mass is 286 g/mol. The molecule has 0 aliphatic rings. The predicted octanol–water partition coefficient (Wildman–Crippen LogP) is 2.70. The molecule has 20 heavy (non-hydrogen) atoms. The minimum absolute atomic E-state index is 0.0506. The first-order valence-corrected chi connectivity index (χ1v) is 7.37. The van der Waals surface area contributed by atoms with Crippen LogP contribution in [0.4, 0.5) is 4.79 Å². The Balaban J connectivity index is 3.81. The van der Waals surface area contributed by atoms with E-state index in [4.69, 9.17) is 4.74 Å². The molecule has 0 aliphatic heterocycles. The van der Waals surface area contributed by atoms with Gasteiger partial charge < -0.3 is 15.4 Å². The van der Waals surface area contributed by atoms with Crippen LogP contribution in [0.1, 0.15) is 54.4 Å². The Morgan fingerprint density at radius 3 is 2.20 bits per heavy atom. The number of carbonyl (C=O) groups excluding carboxylic acids is 2. The zero-order valence-corrected chi connectivity index (χ0v) is 13.7. The number of amides is 2. The van der Waals surface area contributed by atoms with Gasteiger partial charge in [0.25, 0.3) is 0 Å². The quantitative estimate of drug-likeness (QED) is 0.756. The number of alkyl carbamates (subject to hydrolysis) is 1. The van der Waals surface area contributed by atoms with Gasteiger partial charge in [-0.3, -0.25) is 4.79 Å². The third-order valence-electron chi connectivity index (χ3n) is 2.94. The summed E-state index contributed by atoms with van der Waals surface area (Å²) in [6.45, 7) is 12.4. The highest BCUT2D eigenvalue weighted by atomic mass is 16.6. The predicted molar refractivity (Wildman–Crippen MR) is 80.5 cm³/mol. The Bertz CT molecular complexity index is 311. The standard InChI is InChI=1S/C15H30N2O3/c1-7-11(2)8-12(3)9-16-13(18)10-17-14(19)20-15(4,5)6/h11-12H,7-10H2,1-6H3,(H,16,18)(H,17,19). The molecule has 2 atom stereocenters. The van der Waals surface area contributed by atoms with Crippen LogP contribution in [-0.2, 0) is 9.53 Å². The van der Waals surface area contributed by atoms with Crippen LogP contribution in [0.15, 0.2) is 0 Å². The van der Waals surface area contributed by atoms with Crippen molar-refractivity contribution in [2.24, 2.45) is 11.8 Å². The van der Waals surface area contributed by atoms with E-state index in [-0.39, 0.29) is 12.5 Å². The van der Waals surface area contributed by atoms with Crippen molar-refractivity contribution in [3.63, 3.8) is 0 Å². The van der Waals surface area contributed by atoms with E-state index in [9.17, 15) is 9.59 Å². The Labute approximate surface area is 122 Å². The summed E-state index contributed by atoms with van der Waals surface area (Å²) in [7, 11) is 0. The summed E-state index contributed by atoms with van der Waals surface area (Å²) in [4.78, 5) is 23.0. The van der Waals surface area contributed by atoms with Crippen molar-refractivity contribution in [1.82, 2.24) is 10.6 Å². The maximum Gasteiger partial charge on any atom is 0.408 e. The topological polar surface area (TPSA) is 67.4 Å². The third kappa shape index (κ3) is 10.6. The number of ether oxygens (including phenoxy) is 1.